The van der Waals surface area contributed by atoms with Crippen LogP contribution in [0.2, 0.25) is 0 Å². The lowest BCUT2D eigenvalue weighted by Gasteiger charge is -2.13. The number of rotatable bonds is 1. The van der Waals surface area contributed by atoms with E-state index in [0.29, 0.717) is 6.42 Å². The number of hydrogen-bond acceptors (Lipinski definition) is 6. The van der Waals surface area contributed by atoms with E-state index < -0.39 is 15.1 Å². The summed E-state index contributed by atoms with van der Waals surface area (Å²) in [5, 5.41) is 10.1. The summed E-state index contributed by atoms with van der Waals surface area (Å²) < 4.78 is 24.3. The van der Waals surface area contributed by atoms with Gasteiger partial charge in [0.25, 0.3) is 0 Å². The first-order chi connectivity index (χ1) is 6.52. The van der Waals surface area contributed by atoms with Gasteiger partial charge in [-0.2, -0.15) is 0 Å². The van der Waals surface area contributed by atoms with Crippen molar-refractivity contribution in [2.45, 2.75) is 24.6 Å². The molecule has 0 saturated carbocycles. The number of nitrogens with two attached hydrogens (primary N) is 1. The van der Waals surface area contributed by atoms with Crippen molar-refractivity contribution in [1.82, 2.24) is 20.2 Å². The molecule has 1 aromatic heterocycles. The Morgan fingerprint density at radius 2 is 2.29 bits per heavy atom. The quantitative estimate of drug-likeness (QED) is 0.647. The Labute approximate surface area is 81.2 Å². The molecule has 7 nitrogen and oxygen atoms in total. The third-order valence-corrected chi connectivity index (χ3v) is 4.89. The molecule has 2 atom stereocenters. The van der Waals surface area contributed by atoms with E-state index in [0.717, 1.165) is 0 Å². The minimum Gasteiger partial charge on any atom is -0.367 e. The van der Waals surface area contributed by atoms with Crippen LogP contribution in [-0.4, -0.2) is 39.6 Å². The first-order valence-electron chi connectivity index (χ1n) is 4.27. The number of sulfone groups is 1. The van der Waals surface area contributed by atoms with Gasteiger partial charge in [0.05, 0.1) is 17.0 Å². The number of nitrogen functional groups attached to an aromatic ring is 1. The van der Waals surface area contributed by atoms with E-state index in [1.165, 1.54) is 4.68 Å². The summed E-state index contributed by atoms with van der Waals surface area (Å²) in [5.74, 6) is 0.344. The molecule has 0 bridgehead atoms. The molecular weight excluding hydrogens is 206 g/mol. The maximum Gasteiger partial charge on any atom is 0.240 e. The Balaban J connectivity index is 2.36. The highest BCUT2D eigenvalue weighted by Gasteiger charge is 2.39. The van der Waals surface area contributed by atoms with E-state index in [1.807, 2.05) is 0 Å². The molecule has 1 fully saturated rings. The van der Waals surface area contributed by atoms with Crippen LogP contribution in [0.4, 0.5) is 5.95 Å². The molecule has 78 valence electrons. The molecule has 0 radical (unpaired) electrons. The molecular formula is C6H11N5O2S. The van der Waals surface area contributed by atoms with Crippen molar-refractivity contribution in [3.05, 3.63) is 0 Å². The van der Waals surface area contributed by atoms with Crippen LogP contribution in [0.3, 0.4) is 0 Å². The third-order valence-electron chi connectivity index (χ3n) is 2.64. The highest BCUT2D eigenvalue weighted by atomic mass is 32.2. The predicted molar refractivity (Wildman–Crippen MR) is 49.1 cm³/mol. The van der Waals surface area contributed by atoms with E-state index in [4.69, 9.17) is 5.73 Å². The third kappa shape index (κ3) is 1.26. The fourth-order valence-corrected chi connectivity index (χ4v) is 3.37. The Hall–Kier alpha value is -1.18. The van der Waals surface area contributed by atoms with Crippen LogP contribution in [0, 0.1) is 0 Å². The van der Waals surface area contributed by atoms with Gasteiger partial charge in [-0.15, -0.1) is 0 Å². The summed E-state index contributed by atoms with van der Waals surface area (Å²) in [7, 11) is -2.99. The van der Waals surface area contributed by atoms with E-state index in [9.17, 15) is 8.42 Å². The average molecular weight is 217 g/mol. The van der Waals surface area contributed by atoms with Gasteiger partial charge in [-0.25, -0.2) is 13.1 Å². The van der Waals surface area contributed by atoms with E-state index in [2.05, 4.69) is 15.5 Å². The second-order valence-corrected chi connectivity index (χ2v) is 5.89. The van der Waals surface area contributed by atoms with Crippen LogP contribution in [-0.2, 0) is 9.84 Å². The maximum atomic E-state index is 11.5. The van der Waals surface area contributed by atoms with Gasteiger partial charge in [0.1, 0.15) is 0 Å². The number of aromatic nitrogens is 4. The van der Waals surface area contributed by atoms with Crippen molar-refractivity contribution >= 4 is 15.8 Å². The zero-order chi connectivity index (χ0) is 10.3. The van der Waals surface area contributed by atoms with Crippen LogP contribution in [0.25, 0.3) is 0 Å². The molecule has 1 saturated heterocycles. The normalized spacial score (nSPS) is 30.6. The molecule has 1 aromatic rings. The Morgan fingerprint density at radius 3 is 2.71 bits per heavy atom. The number of nitrogens with zero attached hydrogens (tertiary/aromatic N) is 4. The monoisotopic (exact) mass is 217 g/mol. The van der Waals surface area contributed by atoms with E-state index in [1.54, 1.807) is 6.92 Å². The van der Waals surface area contributed by atoms with E-state index >= 15 is 0 Å². The summed E-state index contributed by atoms with van der Waals surface area (Å²) in [4.78, 5) is 0. The topological polar surface area (TPSA) is 104 Å². The first-order valence-corrected chi connectivity index (χ1v) is 5.99. The van der Waals surface area contributed by atoms with Gasteiger partial charge < -0.3 is 5.73 Å². The SMILES string of the molecule is CC1C(n2nnnc2N)CCS1(=O)=O. The molecule has 2 N–H and O–H groups in total. The Kier molecular flexibility index (Phi) is 1.95. The molecule has 2 heterocycles. The molecule has 1 aliphatic rings. The summed E-state index contributed by atoms with van der Waals surface area (Å²) in [6.07, 6.45) is 0.527. The standard InChI is InChI=1S/C6H11N5O2S/c1-4-5(2-3-14(4,12)13)11-6(7)8-9-10-11/h4-5H,2-3H2,1H3,(H2,7,8,10). The fraction of sp³-hybridized carbons (Fsp3) is 0.833. The van der Waals surface area contributed by atoms with Crippen molar-refractivity contribution in [2.24, 2.45) is 0 Å². The zero-order valence-electron chi connectivity index (χ0n) is 7.66. The first kappa shape index (κ1) is 9.38. The van der Waals surface area contributed by atoms with Crippen molar-refractivity contribution in [3.8, 4) is 0 Å². The highest BCUT2D eigenvalue weighted by Crippen LogP contribution is 2.30. The minimum atomic E-state index is -2.99. The number of anilines is 1. The van der Waals surface area contributed by atoms with Crippen LogP contribution in [0.1, 0.15) is 19.4 Å². The molecule has 0 aliphatic carbocycles. The number of hydrogen-bond donors (Lipinski definition) is 1. The number of tetrazole rings is 1. The second-order valence-electron chi connectivity index (χ2n) is 3.41. The lowest BCUT2D eigenvalue weighted by molar-refractivity contribution is 0.445. The van der Waals surface area contributed by atoms with Gasteiger partial charge in [0.15, 0.2) is 9.84 Å². The Bertz CT molecular complexity index is 439. The lowest BCUT2D eigenvalue weighted by atomic mass is 10.2. The smallest absolute Gasteiger partial charge is 0.240 e. The maximum absolute atomic E-state index is 11.5. The molecule has 0 spiro atoms. The van der Waals surface area contributed by atoms with Crippen LogP contribution >= 0.6 is 0 Å². The van der Waals surface area contributed by atoms with Crippen LogP contribution < -0.4 is 5.73 Å². The summed E-state index contributed by atoms with van der Waals surface area (Å²) in [6.45, 7) is 1.66. The summed E-state index contributed by atoms with van der Waals surface area (Å²) in [5.41, 5.74) is 5.50. The van der Waals surface area contributed by atoms with Crippen LogP contribution in [0.5, 0.6) is 0 Å². The Morgan fingerprint density at radius 1 is 1.57 bits per heavy atom. The fourth-order valence-electron chi connectivity index (χ4n) is 1.70. The largest absolute Gasteiger partial charge is 0.367 e. The molecule has 1 aliphatic heterocycles. The predicted octanol–water partition coefficient (Wildman–Crippen LogP) is -0.997. The molecule has 2 rings (SSSR count). The summed E-state index contributed by atoms with van der Waals surface area (Å²) >= 11 is 0. The molecule has 8 heteroatoms. The second kappa shape index (κ2) is 2.91. The molecule has 2 unspecified atom stereocenters. The lowest BCUT2D eigenvalue weighted by Crippen LogP contribution is -2.23. The molecule has 0 amide bonds. The van der Waals surface area contributed by atoms with Crippen LogP contribution in [0.15, 0.2) is 0 Å². The van der Waals surface area contributed by atoms with Gasteiger partial charge in [0.2, 0.25) is 5.95 Å². The molecule has 0 aromatic carbocycles. The van der Waals surface area contributed by atoms with Crippen molar-refractivity contribution in [2.75, 3.05) is 11.5 Å². The van der Waals surface area contributed by atoms with Gasteiger partial charge in [-0.3, -0.25) is 0 Å². The van der Waals surface area contributed by atoms with Gasteiger partial charge in [0, 0.05) is 0 Å². The van der Waals surface area contributed by atoms with Gasteiger partial charge in [-0.1, -0.05) is 5.10 Å². The van der Waals surface area contributed by atoms with Gasteiger partial charge >= 0.3 is 0 Å². The van der Waals surface area contributed by atoms with Crippen molar-refractivity contribution in [3.63, 3.8) is 0 Å². The minimum absolute atomic E-state index is 0.166. The van der Waals surface area contributed by atoms with Gasteiger partial charge in [-0.05, 0) is 23.8 Å². The van der Waals surface area contributed by atoms with E-state index in [-0.39, 0.29) is 17.7 Å². The van der Waals surface area contributed by atoms with Crippen molar-refractivity contribution < 1.29 is 8.42 Å². The van der Waals surface area contributed by atoms with Crippen molar-refractivity contribution in [1.29, 1.82) is 0 Å². The molecule has 14 heavy (non-hydrogen) atoms. The average Bonchev–Trinajstić information content (AvgIpc) is 2.61. The highest BCUT2D eigenvalue weighted by molar-refractivity contribution is 7.92. The summed E-state index contributed by atoms with van der Waals surface area (Å²) in [6, 6.07) is -0.227. The zero-order valence-corrected chi connectivity index (χ0v) is 8.48.